The van der Waals surface area contributed by atoms with Crippen molar-refractivity contribution in [3.63, 3.8) is 0 Å². The largest absolute Gasteiger partial charge is 0.415 e. The van der Waals surface area contributed by atoms with Gasteiger partial charge in [-0.05, 0) is 26.0 Å². The Labute approximate surface area is 95.6 Å². The van der Waals surface area contributed by atoms with Crippen LogP contribution < -0.4 is 0 Å². The lowest BCUT2D eigenvalue weighted by Crippen LogP contribution is -2.30. The molecule has 16 heavy (non-hydrogen) atoms. The number of nitrogens with zero attached hydrogens (tertiary/aromatic N) is 2. The normalized spacial score (nSPS) is 9.62. The third-order valence-electron chi connectivity index (χ3n) is 2.22. The number of hydrogen-bond acceptors (Lipinski definition) is 3. The highest BCUT2D eigenvalue weighted by Crippen LogP contribution is 2.13. The van der Waals surface area contributed by atoms with Crippen LogP contribution in [-0.4, -0.2) is 29.1 Å². The quantitative estimate of drug-likeness (QED) is 0.732. The second-order valence-corrected chi connectivity index (χ2v) is 3.21. The smallest absolute Gasteiger partial charge is 0.410 e. The van der Waals surface area contributed by atoms with E-state index >= 15 is 0 Å². The predicted octanol–water partition coefficient (Wildman–Crippen LogP) is 2.53. The summed E-state index contributed by atoms with van der Waals surface area (Å²) in [5.74, 6) is 0.324. The molecule has 0 aliphatic rings. The minimum Gasteiger partial charge on any atom is -0.410 e. The maximum Gasteiger partial charge on any atom is 0.415 e. The first-order valence-electron chi connectivity index (χ1n) is 5.25. The number of amides is 1. The van der Waals surface area contributed by atoms with Crippen LogP contribution in [0.25, 0.3) is 5.76 Å². The Morgan fingerprint density at radius 3 is 2.69 bits per heavy atom. The molecule has 0 aliphatic carbocycles. The van der Waals surface area contributed by atoms with Gasteiger partial charge in [-0.2, -0.15) is 0 Å². The lowest BCUT2D eigenvalue weighted by atomic mass is 10.2. The number of ether oxygens (including phenoxy) is 1. The van der Waals surface area contributed by atoms with Gasteiger partial charge in [0, 0.05) is 31.0 Å². The lowest BCUT2D eigenvalue weighted by Gasteiger charge is -2.18. The van der Waals surface area contributed by atoms with Crippen LogP contribution in [0.15, 0.2) is 31.1 Å². The topological polar surface area (TPSA) is 42.4 Å². The van der Waals surface area contributed by atoms with Crippen LogP contribution in [0, 0.1) is 0 Å². The first-order valence-corrected chi connectivity index (χ1v) is 5.25. The molecule has 0 saturated heterocycles. The van der Waals surface area contributed by atoms with Crippen molar-refractivity contribution in [2.24, 2.45) is 0 Å². The van der Waals surface area contributed by atoms with E-state index in [0.717, 1.165) is 0 Å². The highest BCUT2D eigenvalue weighted by Gasteiger charge is 2.13. The Hall–Kier alpha value is -1.84. The van der Waals surface area contributed by atoms with E-state index in [1.807, 2.05) is 13.8 Å². The Kier molecular flexibility index (Phi) is 4.51. The highest BCUT2D eigenvalue weighted by molar-refractivity contribution is 5.75. The number of hydrogen-bond donors (Lipinski definition) is 0. The van der Waals surface area contributed by atoms with E-state index in [1.165, 1.54) is 0 Å². The van der Waals surface area contributed by atoms with E-state index in [1.54, 1.807) is 29.4 Å². The molecule has 0 spiro atoms. The molecule has 86 valence electrons. The van der Waals surface area contributed by atoms with Crippen molar-refractivity contribution in [2.45, 2.75) is 13.8 Å². The predicted molar refractivity (Wildman–Crippen MR) is 62.7 cm³/mol. The number of carbonyl (C=O) groups excluding carboxylic acids is 1. The van der Waals surface area contributed by atoms with Crippen LogP contribution in [0.4, 0.5) is 4.79 Å². The average molecular weight is 220 g/mol. The van der Waals surface area contributed by atoms with Gasteiger partial charge in [0.25, 0.3) is 0 Å². The van der Waals surface area contributed by atoms with Crippen LogP contribution in [-0.2, 0) is 4.74 Å². The fourth-order valence-corrected chi connectivity index (χ4v) is 1.24. The molecule has 0 atom stereocenters. The third kappa shape index (κ3) is 3.08. The maximum absolute atomic E-state index is 11.6. The molecule has 1 heterocycles. The van der Waals surface area contributed by atoms with Crippen LogP contribution in [0.1, 0.15) is 19.4 Å². The molecule has 1 rings (SSSR count). The maximum atomic E-state index is 11.6. The molecular weight excluding hydrogens is 204 g/mol. The van der Waals surface area contributed by atoms with Crippen LogP contribution in [0.2, 0.25) is 0 Å². The molecule has 1 aromatic rings. The molecule has 0 fully saturated rings. The zero-order chi connectivity index (χ0) is 12.0. The summed E-state index contributed by atoms with van der Waals surface area (Å²) in [5, 5.41) is 0. The Bertz CT molecular complexity index is 359. The van der Waals surface area contributed by atoms with Crippen molar-refractivity contribution in [3.05, 3.63) is 36.7 Å². The number of pyridine rings is 1. The molecular formula is C12H16N2O2. The Balaban J connectivity index is 2.62. The van der Waals surface area contributed by atoms with Gasteiger partial charge in [-0.1, -0.05) is 6.58 Å². The second-order valence-electron chi connectivity index (χ2n) is 3.21. The SMILES string of the molecule is C=C(OC(=O)N(CC)CC)c1cccnc1. The van der Waals surface area contributed by atoms with Gasteiger partial charge in [-0.15, -0.1) is 0 Å². The molecule has 0 aliphatic heterocycles. The summed E-state index contributed by atoms with van der Waals surface area (Å²) in [6, 6.07) is 3.57. The zero-order valence-electron chi connectivity index (χ0n) is 9.64. The standard InChI is InChI=1S/C12H16N2O2/c1-4-14(5-2)12(15)16-10(3)11-7-6-8-13-9-11/h6-9H,3-5H2,1-2H3. The van der Waals surface area contributed by atoms with Gasteiger partial charge >= 0.3 is 6.09 Å². The Morgan fingerprint density at radius 2 is 2.19 bits per heavy atom. The number of carbonyl (C=O) groups is 1. The fraction of sp³-hybridized carbons (Fsp3) is 0.333. The first kappa shape index (κ1) is 12.2. The Morgan fingerprint density at radius 1 is 1.50 bits per heavy atom. The van der Waals surface area contributed by atoms with E-state index < -0.39 is 0 Å². The minimum atomic E-state index is -0.376. The summed E-state index contributed by atoms with van der Waals surface area (Å²) in [6.45, 7) is 8.75. The van der Waals surface area contributed by atoms with Crippen molar-refractivity contribution in [1.29, 1.82) is 0 Å². The van der Waals surface area contributed by atoms with Gasteiger partial charge in [0.2, 0.25) is 0 Å². The van der Waals surface area contributed by atoms with Gasteiger partial charge in [0.15, 0.2) is 0 Å². The van der Waals surface area contributed by atoms with Crippen molar-refractivity contribution >= 4 is 11.9 Å². The summed E-state index contributed by atoms with van der Waals surface area (Å²) < 4.78 is 5.13. The van der Waals surface area contributed by atoms with Crippen molar-refractivity contribution < 1.29 is 9.53 Å². The molecule has 4 nitrogen and oxygen atoms in total. The third-order valence-corrected chi connectivity index (χ3v) is 2.22. The first-order chi connectivity index (χ1) is 7.69. The molecule has 0 aromatic carbocycles. The molecule has 0 bridgehead atoms. The summed E-state index contributed by atoms with van der Waals surface area (Å²) in [7, 11) is 0. The van der Waals surface area contributed by atoms with Gasteiger partial charge in [-0.25, -0.2) is 4.79 Å². The number of aromatic nitrogens is 1. The summed E-state index contributed by atoms with van der Waals surface area (Å²) in [5.41, 5.74) is 0.711. The van der Waals surface area contributed by atoms with Gasteiger partial charge in [0.1, 0.15) is 5.76 Å². The molecule has 0 radical (unpaired) electrons. The van der Waals surface area contributed by atoms with Gasteiger partial charge in [0.05, 0.1) is 0 Å². The fourth-order valence-electron chi connectivity index (χ4n) is 1.24. The van der Waals surface area contributed by atoms with Gasteiger partial charge < -0.3 is 9.64 Å². The highest BCUT2D eigenvalue weighted by atomic mass is 16.6. The van der Waals surface area contributed by atoms with Crippen LogP contribution >= 0.6 is 0 Å². The van der Waals surface area contributed by atoms with E-state index in [-0.39, 0.29) is 6.09 Å². The summed E-state index contributed by atoms with van der Waals surface area (Å²) >= 11 is 0. The molecule has 0 N–H and O–H groups in total. The van der Waals surface area contributed by atoms with Crippen LogP contribution in [0.3, 0.4) is 0 Å². The zero-order valence-corrected chi connectivity index (χ0v) is 9.64. The van der Waals surface area contributed by atoms with E-state index in [9.17, 15) is 4.79 Å². The van der Waals surface area contributed by atoms with E-state index in [0.29, 0.717) is 24.4 Å². The van der Waals surface area contributed by atoms with Crippen molar-refractivity contribution in [2.75, 3.05) is 13.1 Å². The second kappa shape index (κ2) is 5.90. The lowest BCUT2D eigenvalue weighted by molar-refractivity contribution is 0.148. The molecule has 4 heteroatoms. The summed E-state index contributed by atoms with van der Waals surface area (Å²) in [4.78, 5) is 17.1. The van der Waals surface area contributed by atoms with Crippen LogP contribution in [0.5, 0.6) is 0 Å². The van der Waals surface area contributed by atoms with E-state index in [4.69, 9.17) is 4.74 Å². The van der Waals surface area contributed by atoms with E-state index in [2.05, 4.69) is 11.6 Å². The minimum absolute atomic E-state index is 0.324. The molecule has 1 aromatic heterocycles. The van der Waals surface area contributed by atoms with Crippen molar-refractivity contribution in [3.8, 4) is 0 Å². The molecule has 0 unspecified atom stereocenters. The van der Waals surface area contributed by atoms with Crippen molar-refractivity contribution in [1.82, 2.24) is 9.88 Å². The number of rotatable bonds is 4. The molecule has 0 saturated carbocycles. The average Bonchev–Trinajstić information content (AvgIpc) is 2.31. The summed E-state index contributed by atoms with van der Waals surface area (Å²) in [6.07, 6.45) is 2.89. The monoisotopic (exact) mass is 220 g/mol. The molecule has 1 amide bonds. The van der Waals surface area contributed by atoms with Gasteiger partial charge in [-0.3, -0.25) is 4.98 Å².